The lowest BCUT2D eigenvalue weighted by molar-refractivity contribution is 0.469. The van der Waals surface area contributed by atoms with E-state index in [1.54, 1.807) is 6.07 Å². The van der Waals surface area contributed by atoms with Crippen molar-refractivity contribution in [3.63, 3.8) is 0 Å². The minimum atomic E-state index is 0.335. The third-order valence-electron chi connectivity index (χ3n) is 3.72. The largest absolute Gasteiger partial charge is 0.508 e. The van der Waals surface area contributed by atoms with Gasteiger partial charge >= 0.3 is 0 Å². The minimum Gasteiger partial charge on any atom is -0.508 e. The van der Waals surface area contributed by atoms with Gasteiger partial charge in [0.25, 0.3) is 0 Å². The van der Waals surface area contributed by atoms with Crippen LogP contribution in [0.5, 0.6) is 5.75 Å². The Morgan fingerprint density at radius 1 is 1.50 bits per heavy atom. The highest BCUT2D eigenvalue weighted by molar-refractivity contribution is 5.44. The van der Waals surface area contributed by atoms with E-state index >= 15 is 0 Å². The number of fused-ring (bicyclic) bond motifs is 1. The summed E-state index contributed by atoms with van der Waals surface area (Å²) in [5.74, 6) is 0.427. The number of nitrogens with zero attached hydrogens (tertiary/aromatic N) is 1. The zero-order valence-corrected chi connectivity index (χ0v) is 10.4. The van der Waals surface area contributed by atoms with Gasteiger partial charge in [0.1, 0.15) is 5.75 Å². The molecule has 18 heavy (non-hydrogen) atoms. The molecule has 3 rings (SSSR count). The van der Waals surface area contributed by atoms with Gasteiger partial charge in [-0.05, 0) is 37.0 Å². The van der Waals surface area contributed by atoms with Gasteiger partial charge in [-0.15, -0.1) is 0 Å². The maximum absolute atomic E-state index is 9.80. The number of aryl methyl sites for hydroxylation is 1. The molecular weight excluding hydrogens is 226 g/mol. The normalized spacial score (nSPS) is 17.9. The van der Waals surface area contributed by atoms with E-state index < -0.39 is 0 Å². The van der Waals surface area contributed by atoms with Crippen LogP contribution in [0.3, 0.4) is 0 Å². The first-order valence-corrected chi connectivity index (χ1v) is 6.28. The van der Waals surface area contributed by atoms with Crippen LogP contribution in [0.1, 0.15) is 34.8 Å². The Hall–Kier alpha value is -1.81. The van der Waals surface area contributed by atoms with Gasteiger partial charge in [-0.25, -0.2) is 0 Å². The van der Waals surface area contributed by atoms with E-state index in [9.17, 15) is 5.11 Å². The zero-order valence-electron chi connectivity index (χ0n) is 10.4. The highest BCUT2D eigenvalue weighted by Gasteiger charge is 2.24. The second-order valence-corrected chi connectivity index (χ2v) is 4.84. The Labute approximate surface area is 106 Å². The average molecular weight is 243 g/mol. The zero-order chi connectivity index (χ0) is 12.5. The second kappa shape index (κ2) is 4.46. The van der Waals surface area contributed by atoms with Gasteiger partial charge in [0.2, 0.25) is 0 Å². The number of nitrogens with one attached hydrogen (secondary N) is 2. The van der Waals surface area contributed by atoms with Crippen LogP contribution in [-0.2, 0) is 13.0 Å². The summed E-state index contributed by atoms with van der Waals surface area (Å²) >= 11 is 0. The van der Waals surface area contributed by atoms with Gasteiger partial charge in [0, 0.05) is 23.8 Å². The topological polar surface area (TPSA) is 60.9 Å². The molecule has 3 N–H and O–H groups in total. The molecule has 2 aromatic rings. The minimum absolute atomic E-state index is 0.335. The van der Waals surface area contributed by atoms with Crippen LogP contribution >= 0.6 is 0 Å². The molecule has 1 aliphatic carbocycles. The lowest BCUT2D eigenvalue weighted by Gasteiger charge is -2.13. The fourth-order valence-corrected chi connectivity index (χ4v) is 2.63. The van der Waals surface area contributed by atoms with Crippen LogP contribution in [0.2, 0.25) is 0 Å². The Kier molecular flexibility index (Phi) is 2.80. The molecule has 4 nitrogen and oxygen atoms in total. The monoisotopic (exact) mass is 243 g/mol. The van der Waals surface area contributed by atoms with Crippen LogP contribution in [0, 0.1) is 6.92 Å². The predicted molar refractivity (Wildman–Crippen MR) is 69.3 cm³/mol. The predicted octanol–water partition coefficient (Wildman–Crippen LogP) is 2.20. The highest BCUT2D eigenvalue weighted by atomic mass is 16.3. The Morgan fingerprint density at radius 3 is 3.17 bits per heavy atom. The molecule has 0 radical (unpaired) electrons. The Balaban J connectivity index is 1.74. The molecule has 0 fully saturated rings. The van der Waals surface area contributed by atoms with Crippen molar-refractivity contribution in [2.24, 2.45) is 0 Å². The molecule has 0 amide bonds. The summed E-state index contributed by atoms with van der Waals surface area (Å²) in [5, 5.41) is 20.3. The maximum Gasteiger partial charge on any atom is 0.119 e. The maximum atomic E-state index is 9.80. The third-order valence-corrected chi connectivity index (χ3v) is 3.72. The molecule has 4 heteroatoms. The molecular formula is C14H17N3O. The summed E-state index contributed by atoms with van der Waals surface area (Å²) in [5.41, 5.74) is 4.63. The summed E-state index contributed by atoms with van der Waals surface area (Å²) in [7, 11) is 0. The molecule has 1 aromatic heterocycles. The molecule has 1 heterocycles. The van der Waals surface area contributed by atoms with Crippen molar-refractivity contribution in [1.82, 2.24) is 15.5 Å². The van der Waals surface area contributed by atoms with Crippen molar-refractivity contribution in [2.45, 2.75) is 32.4 Å². The van der Waals surface area contributed by atoms with Gasteiger partial charge < -0.3 is 10.4 Å². The first-order chi connectivity index (χ1) is 8.75. The van der Waals surface area contributed by atoms with Crippen LogP contribution in [-0.4, -0.2) is 15.3 Å². The molecule has 0 saturated heterocycles. The summed E-state index contributed by atoms with van der Waals surface area (Å²) in [6, 6.07) is 6.11. The fourth-order valence-electron chi connectivity index (χ4n) is 2.63. The smallest absolute Gasteiger partial charge is 0.119 e. The first-order valence-electron chi connectivity index (χ1n) is 6.28. The average Bonchev–Trinajstić information content (AvgIpc) is 2.94. The number of hydrogen-bond donors (Lipinski definition) is 3. The quantitative estimate of drug-likeness (QED) is 0.774. The first kappa shape index (κ1) is 11.3. The Morgan fingerprint density at radius 2 is 2.39 bits per heavy atom. The van der Waals surface area contributed by atoms with E-state index in [4.69, 9.17) is 0 Å². The van der Waals surface area contributed by atoms with Gasteiger partial charge in [0.15, 0.2) is 0 Å². The number of phenols is 1. The molecule has 0 aliphatic heterocycles. The molecule has 1 aliphatic rings. The summed E-state index contributed by atoms with van der Waals surface area (Å²) in [6.07, 6.45) is 3.86. The third kappa shape index (κ3) is 1.88. The van der Waals surface area contributed by atoms with E-state index in [-0.39, 0.29) is 0 Å². The van der Waals surface area contributed by atoms with Crippen molar-refractivity contribution in [3.8, 4) is 5.75 Å². The molecule has 0 spiro atoms. The second-order valence-electron chi connectivity index (χ2n) is 4.84. The molecule has 94 valence electrons. The van der Waals surface area contributed by atoms with Crippen LogP contribution < -0.4 is 5.32 Å². The SMILES string of the molecule is Cc1[nH]ncc1CNC1CCc2c(O)cccc21. The standard InChI is InChI=1S/C14H17N3O/c1-9-10(8-16-17-9)7-15-13-6-5-12-11(13)3-2-4-14(12)18/h2-4,8,13,15,18H,5-7H2,1H3,(H,16,17). The summed E-state index contributed by atoms with van der Waals surface area (Å²) in [4.78, 5) is 0. The van der Waals surface area contributed by atoms with Crippen LogP contribution in [0.4, 0.5) is 0 Å². The number of aromatic amines is 1. The summed E-state index contributed by atoms with van der Waals surface area (Å²) in [6.45, 7) is 2.83. The number of hydrogen-bond acceptors (Lipinski definition) is 3. The number of benzene rings is 1. The molecule has 1 atom stereocenters. The van der Waals surface area contributed by atoms with Gasteiger partial charge in [-0.2, -0.15) is 5.10 Å². The van der Waals surface area contributed by atoms with Crippen molar-refractivity contribution < 1.29 is 5.11 Å². The molecule has 1 unspecified atom stereocenters. The van der Waals surface area contributed by atoms with Crippen LogP contribution in [0.15, 0.2) is 24.4 Å². The van der Waals surface area contributed by atoms with E-state index in [0.717, 1.165) is 30.6 Å². The number of rotatable bonds is 3. The van der Waals surface area contributed by atoms with Crippen molar-refractivity contribution in [2.75, 3.05) is 0 Å². The van der Waals surface area contributed by atoms with Gasteiger partial charge in [0.05, 0.1) is 6.20 Å². The van der Waals surface area contributed by atoms with E-state index in [2.05, 4.69) is 21.6 Å². The van der Waals surface area contributed by atoms with Gasteiger partial charge in [-0.1, -0.05) is 12.1 Å². The van der Waals surface area contributed by atoms with Crippen molar-refractivity contribution in [1.29, 1.82) is 0 Å². The number of aromatic hydroxyl groups is 1. The summed E-state index contributed by atoms with van der Waals surface area (Å²) < 4.78 is 0. The molecule has 0 bridgehead atoms. The molecule has 0 saturated carbocycles. The fraction of sp³-hybridized carbons (Fsp3) is 0.357. The van der Waals surface area contributed by atoms with Crippen molar-refractivity contribution >= 4 is 0 Å². The number of aromatic nitrogens is 2. The number of phenolic OH excluding ortho intramolecular Hbond substituents is 1. The van der Waals surface area contributed by atoms with Crippen molar-refractivity contribution in [3.05, 3.63) is 46.8 Å². The molecule has 1 aromatic carbocycles. The lowest BCUT2D eigenvalue weighted by Crippen LogP contribution is -2.18. The van der Waals surface area contributed by atoms with E-state index in [1.165, 1.54) is 11.1 Å². The lowest BCUT2D eigenvalue weighted by atomic mass is 10.1. The van der Waals surface area contributed by atoms with E-state index in [1.807, 2.05) is 19.2 Å². The number of H-pyrrole nitrogens is 1. The van der Waals surface area contributed by atoms with Crippen LogP contribution in [0.25, 0.3) is 0 Å². The Bertz CT molecular complexity index is 562. The van der Waals surface area contributed by atoms with E-state index in [0.29, 0.717) is 11.8 Å². The highest BCUT2D eigenvalue weighted by Crippen LogP contribution is 2.36. The van der Waals surface area contributed by atoms with Gasteiger partial charge in [-0.3, -0.25) is 5.10 Å².